The minimum absolute atomic E-state index is 0.0516. The fraction of sp³-hybridized carbons (Fsp3) is 0.154. The van der Waals surface area contributed by atoms with Gasteiger partial charge in [-0.1, -0.05) is 30.3 Å². The molecule has 0 spiro atoms. The molecule has 0 saturated carbocycles. The highest BCUT2D eigenvalue weighted by atomic mass is 19.1. The summed E-state index contributed by atoms with van der Waals surface area (Å²) in [7, 11) is 0. The molecule has 32 heavy (non-hydrogen) atoms. The van der Waals surface area contributed by atoms with Crippen LogP contribution >= 0.6 is 0 Å². The van der Waals surface area contributed by atoms with Gasteiger partial charge in [0.15, 0.2) is 0 Å². The van der Waals surface area contributed by atoms with E-state index in [1.807, 2.05) is 58.0 Å². The van der Waals surface area contributed by atoms with Crippen molar-refractivity contribution in [1.29, 1.82) is 0 Å². The number of hydrogen-bond donors (Lipinski definition) is 1. The Balaban J connectivity index is 1.89. The topological polar surface area (TPSA) is 49.4 Å². The van der Waals surface area contributed by atoms with Crippen LogP contribution in [0.4, 0.5) is 20.2 Å². The number of rotatable bonds is 4. The van der Waals surface area contributed by atoms with E-state index in [4.69, 9.17) is 0 Å². The van der Waals surface area contributed by atoms with Crippen LogP contribution in [-0.4, -0.2) is 11.8 Å². The lowest BCUT2D eigenvalue weighted by molar-refractivity contribution is -0.120. The van der Waals surface area contributed by atoms with Gasteiger partial charge < -0.3 is 5.32 Å². The number of nitrogens with one attached hydrogen (secondary N) is 1. The first-order chi connectivity index (χ1) is 15.2. The van der Waals surface area contributed by atoms with Gasteiger partial charge in [-0.3, -0.25) is 9.59 Å². The van der Waals surface area contributed by atoms with Crippen molar-refractivity contribution in [2.45, 2.75) is 27.7 Å². The Bertz CT molecular complexity index is 1310. The van der Waals surface area contributed by atoms with Gasteiger partial charge in [0.05, 0.1) is 11.3 Å². The number of amides is 2. The molecule has 0 radical (unpaired) electrons. The zero-order chi connectivity index (χ0) is 23.2. The van der Waals surface area contributed by atoms with Crippen molar-refractivity contribution in [3.05, 3.63) is 99.7 Å². The molecule has 1 N–H and O–H groups in total. The molecule has 4 rings (SSSR count). The summed E-state index contributed by atoms with van der Waals surface area (Å²) in [4.78, 5) is 27.6. The summed E-state index contributed by atoms with van der Waals surface area (Å²) in [6, 6.07) is 13.8. The third-order valence-corrected chi connectivity index (χ3v) is 5.89. The summed E-state index contributed by atoms with van der Waals surface area (Å²) in [5, 5.41) is 3.11. The maximum absolute atomic E-state index is 14.5. The molecule has 0 unspecified atom stereocenters. The Morgan fingerprint density at radius 2 is 1.53 bits per heavy atom. The predicted molar refractivity (Wildman–Crippen MR) is 121 cm³/mol. The number of halogens is 2. The van der Waals surface area contributed by atoms with Gasteiger partial charge in [-0.15, -0.1) is 0 Å². The third-order valence-electron chi connectivity index (χ3n) is 5.89. The molecule has 4 nitrogen and oxygen atoms in total. The number of aryl methyl sites for hydroxylation is 3. The molecule has 0 bridgehead atoms. The lowest BCUT2D eigenvalue weighted by Gasteiger charge is -2.16. The smallest absolute Gasteiger partial charge is 0.282 e. The van der Waals surface area contributed by atoms with Crippen molar-refractivity contribution >= 4 is 28.8 Å². The van der Waals surface area contributed by atoms with E-state index in [0.717, 1.165) is 39.3 Å². The van der Waals surface area contributed by atoms with Crippen LogP contribution in [0.2, 0.25) is 0 Å². The average Bonchev–Trinajstić information content (AvgIpc) is 2.98. The van der Waals surface area contributed by atoms with Crippen LogP contribution < -0.4 is 10.2 Å². The van der Waals surface area contributed by atoms with E-state index in [1.54, 1.807) is 6.07 Å². The van der Waals surface area contributed by atoms with Crippen LogP contribution in [0.3, 0.4) is 0 Å². The summed E-state index contributed by atoms with van der Waals surface area (Å²) in [6.45, 7) is 7.72. The van der Waals surface area contributed by atoms with Crippen molar-refractivity contribution in [2.75, 3.05) is 10.2 Å². The van der Waals surface area contributed by atoms with Crippen molar-refractivity contribution in [3.8, 4) is 0 Å². The molecular formula is C26H22F2N2O2. The zero-order valence-corrected chi connectivity index (χ0v) is 18.2. The second kappa shape index (κ2) is 8.04. The number of nitrogens with zero attached hydrogens (tertiary/aromatic N) is 1. The summed E-state index contributed by atoms with van der Waals surface area (Å²) in [5.74, 6) is -3.15. The fourth-order valence-corrected chi connectivity index (χ4v) is 3.71. The molecule has 3 aromatic carbocycles. The minimum Gasteiger partial charge on any atom is -0.350 e. The molecule has 6 heteroatoms. The maximum Gasteiger partial charge on any atom is 0.282 e. The first-order valence-electron chi connectivity index (χ1n) is 10.2. The SMILES string of the molecule is Cc1ccc(C2=C(Nc3cccc(C)c3C)C(=O)N(c3ccc(F)cc3F)C2=O)cc1C. The Morgan fingerprint density at radius 1 is 0.781 bits per heavy atom. The van der Waals surface area contributed by atoms with E-state index in [1.165, 1.54) is 0 Å². The predicted octanol–water partition coefficient (Wildman–Crippen LogP) is 5.60. The number of benzene rings is 3. The molecule has 1 heterocycles. The van der Waals surface area contributed by atoms with Crippen LogP contribution in [0.25, 0.3) is 5.57 Å². The highest BCUT2D eigenvalue weighted by molar-refractivity contribution is 6.46. The summed E-state index contributed by atoms with van der Waals surface area (Å²) in [5.41, 5.74) is 5.05. The van der Waals surface area contributed by atoms with Gasteiger partial charge in [-0.05, 0) is 73.7 Å². The highest BCUT2D eigenvalue weighted by Gasteiger charge is 2.41. The number of carbonyl (C=O) groups is 2. The zero-order valence-electron chi connectivity index (χ0n) is 18.2. The maximum atomic E-state index is 14.5. The molecule has 3 aromatic rings. The highest BCUT2D eigenvalue weighted by Crippen LogP contribution is 2.36. The molecule has 0 aliphatic carbocycles. The fourth-order valence-electron chi connectivity index (χ4n) is 3.71. The average molecular weight is 432 g/mol. The summed E-state index contributed by atoms with van der Waals surface area (Å²) >= 11 is 0. The van der Waals surface area contributed by atoms with Crippen molar-refractivity contribution in [1.82, 2.24) is 0 Å². The molecule has 1 aliphatic heterocycles. The quantitative estimate of drug-likeness (QED) is 0.547. The Labute approximate surface area is 185 Å². The van der Waals surface area contributed by atoms with Crippen molar-refractivity contribution in [3.63, 3.8) is 0 Å². The van der Waals surface area contributed by atoms with Gasteiger partial charge in [0.25, 0.3) is 11.8 Å². The lowest BCUT2D eigenvalue weighted by Crippen LogP contribution is -2.33. The number of carbonyl (C=O) groups excluding carboxylic acids is 2. The minimum atomic E-state index is -0.987. The first kappa shape index (κ1) is 21.4. The molecular weight excluding hydrogens is 410 g/mol. The van der Waals surface area contributed by atoms with E-state index in [2.05, 4.69) is 5.32 Å². The standard InChI is InChI=1S/C26H22F2N2O2/c1-14-8-9-18(12-16(14)3)23-24(29-21-7-5-6-15(2)17(21)4)26(32)30(25(23)31)22-11-10-19(27)13-20(22)28/h5-13,29H,1-4H3. The van der Waals surface area contributed by atoms with E-state index in [0.29, 0.717) is 17.3 Å². The Morgan fingerprint density at radius 3 is 2.22 bits per heavy atom. The van der Waals surface area contributed by atoms with Gasteiger partial charge >= 0.3 is 0 Å². The molecule has 0 saturated heterocycles. The van der Waals surface area contributed by atoms with E-state index in [-0.39, 0.29) is 17.0 Å². The summed E-state index contributed by atoms with van der Waals surface area (Å²) in [6.07, 6.45) is 0. The molecule has 2 amide bonds. The normalized spacial score (nSPS) is 13.9. The van der Waals surface area contributed by atoms with Crippen molar-refractivity contribution in [2.24, 2.45) is 0 Å². The van der Waals surface area contributed by atoms with Crippen LogP contribution in [0.15, 0.2) is 60.3 Å². The summed E-state index contributed by atoms with van der Waals surface area (Å²) < 4.78 is 28.0. The van der Waals surface area contributed by atoms with Gasteiger partial charge in [0.1, 0.15) is 17.3 Å². The molecule has 1 aliphatic rings. The lowest BCUT2D eigenvalue weighted by atomic mass is 9.99. The molecule has 162 valence electrons. The van der Waals surface area contributed by atoms with Gasteiger partial charge in [0.2, 0.25) is 0 Å². The number of imide groups is 1. The van der Waals surface area contributed by atoms with Gasteiger partial charge in [-0.2, -0.15) is 0 Å². The van der Waals surface area contributed by atoms with E-state index < -0.39 is 23.4 Å². The molecule has 0 fully saturated rings. The number of hydrogen-bond acceptors (Lipinski definition) is 3. The molecule has 0 atom stereocenters. The van der Waals surface area contributed by atoms with Gasteiger partial charge in [-0.25, -0.2) is 13.7 Å². The third kappa shape index (κ3) is 3.58. The number of anilines is 2. The second-order valence-corrected chi connectivity index (χ2v) is 7.96. The van der Waals surface area contributed by atoms with Crippen molar-refractivity contribution < 1.29 is 18.4 Å². The largest absolute Gasteiger partial charge is 0.350 e. The monoisotopic (exact) mass is 432 g/mol. The van der Waals surface area contributed by atoms with Crippen LogP contribution in [-0.2, 0) is 9.59 Å². The second-order valence-electron chi connectivity index (χ2n) is 7.96. The Kier molecular flexibility index (Phi) is 5.38. The Hall–Kier alpha value is -3.80. The van der Waals surface area contributed by atoms with Crippen LogP contribution in [0, 0.1) is 39.3 Å². The van der Waals surface area contributed by atoms with E-state index >= 15 is 0 Å². The van der Waals surface area contributed by atoms with E-state index in [9.17, 15) is 18.4 Å². The molecule has 0 aromatic heterocycles. The van der Waals surface area contributed by atoms with Crippen LogP contribution in [0.5, 0.6) is 0 Å². The first-order valence-corrected chi connectivity index (χ1v) is 10.2. The van der Waals surface area contributed by atoms with Crippen LogP contribution in [0.1, 0.15) is 27.8 Å². The van der Waals surface area contributed by atoms with Gasteiger partial charge in [0, 0.05) is 11.8 Å².